The van der Waals surface area contributed by atoms with Gasteiger partial charge in [0.15, 0.2) is 0 Å². The Hall–Kier alpha value is -0.930. The summed E-state index contributed by atoms with van der Waals surface area (Å²) in [6.45, 7) is 0. The second-order valence-corrected chi connectivity index (χ2v) is 4.96. The predicted molar refractivity (Wildman–Crippen MR) is 71.9 cm³/mol. The van der Waals surface area contributed by atoms with Crippen LogP contribution in [0.15, 0.2) is 18.2 Å². The molecule has 1 aliphatic rings. The van der Waals surface area contributed by atoms with Crippen molar-refractivity contribution in [2.24, 2.45) is 5.73 Å². The standard InChI is InChI=1S/C13H19ClN2O/c1-17-13-7-6-9(8-10(13)14)16-12-5-3-2-4-11(12)15/h6-8,11-12,16H,2-5,15H2,1H3/t11-,12-/m1/s1. The van der Waals surface area contributed by atoms with Crippen molar-refractivity contribution in [2.45, 2.75) is 37.8 Å². The number of rotatable bonds is 3. The fourth-order valence-electron chi connectivity index (χ4n) is 2.31. The molecule has 0 radical (unpaired) electrons. The number of ether oxygens (including phenoxy) is 1. The van der Waals surface area contributed by atoms with Crippen LogP contribution in [-0.4, -0.2) is 19.2 Å². The molecule has 0 amide bonds. The molecule has 0 saturated heterocycles. The lowest BCUT2D eigenvalue weighted by Gasteiger charge is -2.30. The summed E-state index contributed by atoms with van der Waals surface area (Å²) < 4.78 is 5.13. The molecule has 1 aromatic carbocycles. The van der Waals surface area contributed by atoms with Crippen molar-refractivity contribution < 1.29 is 4.74 Å². The fraction of sp³-hybridized carbons (Fsp3) is 0.538. The minimum Gasteiger partial charge on any atom is -0.495 e. The summed E-state index contributed by atoms with van der Waals surface area (Å²) in [6, 6.07) is 6.34. The summed E-state index contributed by atoms with van der Waals surface area (Å²) in [5.41, 5.74) is 7.11. The molecule has 3 N–H and O–H groups in total. The van der Waals surface area contributed by atoms with Gasteiger partial charge in [0.05, 0.1) is 12.1 Å². The van der Waals surface area contributed by atoms with Crippen molar-refractivity contribution >= 4 is 17.3 Å². The maximum atomic E-state index is 6.10. The van der Waals surface area contributed by atoms with Gasteiger partial charge in [-0.05, 0) is 31.0 Å². The second kappa shape index (κ2) is 5.61. The average molecular weight is 255 g/mol. The second-order valence-electron chi connectivity index (χ2n) is 4.55. The van der Waals surface area contributed by atoms with Crippen LogP contribution < -0.4 is 15.8 Å². The Balaban J connectivity index is 2.05. The summed E-state index contributed by atoms with van der Waals surface area (Å²) in [5.74, 6) is 0.699. The van der Waals surface area contributed by atoms with Crippen LogP contribution in [0, 0.1) is 0 Å². The normalized spacial score (nSPS) is 24.4. The summed E-state index contributed by atoms with van der Waals surface area (Å²) in [6.07, 6.45) is 4.71. The summed E-state index contributed by atoms with van der Waals surface area (Å²) in [4.78, 5) is 0. The first-order valence-electron chi connectivity index (χ1n) is 6.06. The highest BCUT2D eigenvalue weighted by Crippen LogP contribution is 2.29. The van der Waals surface area contributed by atoms with E-state index < -0.39 is 0 Å². The molecule has 1 aliphatic carbocycles. The van der Waals surface area contributed by atoms with Crippen molar-refractivity contribution in [3.8, 4) is 5.75 Å². The van der Waals surface area contributed by atoms with Gasteiger partial charge in [-0.3, -0.25) is 0 Å². The van der Waals surface area contributed by atoms with Gasteiger partial charge in [-0.2, -0.15) is 0 Å². The maximum Gasteiger partial charge on any atom is 0.137 e. The molecule has 0 aliphatic heterocycles. The zero-order valence-corrected chi connectivity index (χ0v) is 10.8. The van der Waals surface area contributed by atoms with Gasteiger partial charge < -0.3 is 15.8 Å². The van der Waals surface area contributed by atoms with Crippen LogP contribution in [0.25, 0.3) is 0 Å². The van der Waals surface area contributed by atoms with Gasteiger partial charge in [-0.25, -0.2) is 0 Å². The summed E-state index contributed by atoms with van der Waals surface area (Å²) in [5, 5.41) is 4.08. The van der Waals surface area contributed by atoms with E-state index in [0.717, 1.165) is 18.5 Å². The number of nitrogens with one attached hydrogen (secondary N) is 1. The van der Waals surface area contributed by atoms with E-state index in [1.165, 1.54) is 12.8 Å². The number of nitrogens with two attached hydrogens (primary N) is 1. The number of halogens is 1. The first kappa shape index (κ1) is 12.5. The van der Waals surface area contributed by atoms with Crippen LogP contribution in [0.5, 0.6) is 5.75 Å². The molecule has 4 heteroatoms. The van der Waals surface area contributed by atoms with E-state index in [9.17, 15) is 0 Å². The molecule has 2 rings (SSSR count). The molecule has 0 unspecified atom stereocenters. The van der Waals surface area contributed by atoms with Crippen molar-refractivity contribution in [3.63, 3.8) is 0 Å². The van der Waals surface area contributed by atoms with Gasteiger partial charge in [-0.1, -0.05) is 24.4 Å². The van der Waals surface area contributed by atoms with Crippen LogP contribution in [0.4, 0.5) is 5.69 Å². The number of hydrogen-bond acceptors (Lipinski definition) is 3. The summed E-state index contributed by atoms with van der Waals surface area (Å²) >= 11 is 6.09. The number of methoxy groups -OCH3 is 1. The highest BCUT2D eigenvalue weighted by atomic mass is 35.5. The molecule has 1 fully saturated rings. The van der Waals surface area contributed by atoms with Crippen LogP contribution in [-0.2, 0) is 0 Å². The van der Waals surface area contributed by atoms with E-state index in [0.29, 0.717) is 16.8 Å². The molecule has 2 atom stereocenters. The average Bonchev–Trinajstić information content (AvgIpc) is 2.32. The quantitative estimate of drug-likeness (QED) is 0.872. The van der Waals surface area contributed by atoms with Crippen LogP contribution in [0.2, 0.25) is 5.02 Å². The van der Waals surface area contributed by atoms with E-state index in [2.05, 4.69) is 5.32 Å². The molecule has 3 nitrogen and oxygen atoms in total. The molecule has 0 aromatic heterocycles. The molecule has 1 aromatic rings. The third-order valence-corrected chi connectivity index (χ3v) is 3.62. The molecule has 17 heavy (non-hydrogen) atoms. The minimum atomic E-state index is 0.240. The Morgan fingerprint density at radius 2 is 2.12 bits per heavy atom. The number of hydrogen-bond donors (Lipinski definition) is 2. The van der Waals surface area contributed by atoms with Gasteiger partial charge in [0.25, 0.3) is 0 Å². The Bertz CT molecular complexity index is 384. The molecule has 0 spiro atoms. The highest BCUT2D eigenvalue weighted by molar-refractivity contribution is 6.32. The Labute approximate surface area is 107 Å². The smallest absolute Gasteiger partial charge is 0.137 e. The molecular weight excluding hydrogens is 236 g/mol. The van der Waals surface area contributed by atoms with E-state index >= 15 is 0 Å². The lowest BCUT2D eigenvalue weighted by molar-refractivity contribution is 0.403. The number of anilines is 1. The van der Waals surface area contributed by atoms with Gasteiger partial charge in [-0.15, -0.1) is 0 Å². The van der Waals surface area contributed by atoms with E-state index in [1.807, 2.05) is 18.2 Å². The highest BCUT2D eigenvalue weighted by Gasteiger charge is 2.21. The first-order chi connectivity index (χ1) is 8.20. The molecule has 94 valence electrons. The van der Waals surface area contributed by atoms with Gasteiger partial charge >= 0.3 is 0 Å². The molecule has 0 heterocycles. The van der Waals surface area contributed by atoms with Crippen LogP contribution in [0.1, 0.15) is 25.7 Å². The van der Waals surface area contributed by atoms with Crippen molar-refractivity contribution in [1.82, 2.24) is 0 Å². The first-order valence-corrected chi connectivity index (χ1v) is 6.44. The molecule has 0 bridgehead atoms. The zero-order valence-electron chi connectivity index (χ0n) is 10.1. The van der Waals surface area contributed by atoms with Crippen LogP contribution in [0.3, 0.4) is 0 Å². The van der Waals surface area contributed by atoms with Gasteiger partial charge in [0, 0.05) is 17.8 Å². The van der Waals surface area contributed by atoms with Crippen molar-refractivity contribution in [1.29, 1.82) is 0 Å². The SMILES string of the molecule is COc1ccc(N[C@@H]2CCCC[C@H]2N)cc1Cl. The topological polar surface area (TPSA) is 47.3 Å². The summed E-state index contributed by atoms with van der Waals surface area (Å²) in [7, 11) is 1.62. The van der Waals surface area contributed by atoms with E-state index in [1.54, 1.807) is 7.11 Å². The monoisotopic (exact) mass is 254 g/mol. The Morgan fingerprint density at radius 3 is 2.76 bits per heavy atom. The van der Waals surface area contributed by atoms with Crippen LogP contribution >= 0.6 is 11.6 Å². The lowest BCUT2D eigenvalue weighted by Crippen LogP contribution is -2.42. The minimum absolute atomic E-state index is 0.240. The third-order valence-electron chi connectivity index (χ3n) is 3.32. The largest absolute Gasteiger partial charge is 0.495 e. The third kappa shape index (κ3) is 3.05. The maximum absolute atomic E-state index is 6.10. The van der Waals surface area contributed by atoms with Gasteiger partial charge in [0.1, 0.15) is 5.75 Å². The van der Waals surface area contributed by atoms with Crippen molar-refractivity contribution in [2.75, 3.05) is 12.4 Å². The van der Waals surface area contributed by atoms with E-state index in [-0.39, 0.29) is 6.04 Å². The molecular formula is C13H19ClN2O. The molecule has 1 saturated carbocycles. The van der Waals surface area contributed by atoms with Gasteiger partial charge in [0.2, 0.25) is 0 Å². The van der Waals surface area contributed by atoms with Crippen molar-refractivity contribution in [3.05, 3.63) is 23.2 Å². The fourth-order valence-corrected chi connectivity index (χ4v) is 2.57. The number of benzene rings is 1. The Morgan fingerprint density at radius 1 is 1.35 bits per heavy atom. The zero-order chi connectivity index (χ0) is 12.3. The lowest BCUT2D eigenvalue weighted by atomic mass is 9.91. The Kier molecular flexibility index (Phi) is 4.13. The predicted octanol–water partition coefficient (Wildman–Crippen LogP) is 3.03. The van der Waals surface area contributed by atoms with E-state index in [4.69, 9.17) is 22.1 Å².